The molecule has 170 valence electrons. The molecule has 32 heavy (non-hydrogen) atoms. The van der Waals surface area contributed by atoms with Crippen molar-refractivity contribution in [3.05, 3.63) is 77.4 Å². The standard InChI is InChI=1S/C28H37N3O/c1-4-18-30-21-27-26(23-10-8-7-9-11-23)17-16-25(30)20-31(27)19-22-12-14-24(15-13-22)28(32)29(5-2)6-3/h7-15,17,25,27H,4-6,16,18-21H2,1-3H3/t25-,27+/m0/s1. The second-order valence-corrected chi connectivity index (χ2v) is 9.03. The molecule has 2 atom stereocenters. The van der Waals surface area contributed by atoms with Gasteiger partial charge in [-0.05, 0) is 62.1 Å². The van der Waals surface area contributed by atoms with E-state index in [1.165, 1.54) is 29.7 Å². The van der Waals surface area contributed by atoms with Crippen molar-refractivity contribution in [3.8, 4) is 0 Å². The second-order valence-electron chi connectivity index (χ2n) is 9.03. The quantitative estimate of drug-likeness (QED) is 0.594. The average molecular weight is 432 g/mol. The summed E-state index contributed by atoms with van der Waals surface area (Å²) < 4.78 is 0. The highest BCUT2D eigenvalue weighted by atomic mass is 16.2. The predicted molar refractivity (Wildman–Crippen MR) is 133 cm³/mol. The van der Waals surface area contributed by atoms with Crippen molar-refractivity contribution in [2.24, 2.45) is 0 Å². The van der Waals surface area contributed by atoms with Gasteiger partial charge >= 0.3 is 0 Å². The van der Waals surface area contributed by atoms with E-state index in [-0.39, 0.29) is 5.91 Å². The zero-order chi connectivity index (χ0) is 22.5. The van der Waals surface area contributed by atoms with E-state index in [1.807, 2.05) is 30.9 Å². The van der Waals surface area contributed by atoms with Crippen molar-refractivity contribution >= 4 is 11.5 Å². The third-order valence-electron chi connectivity index (χ3n) is 7.03. The number of hydrogen-bond acceptors (Lipinski definition) is 3. The van der Waals surface area contributed by atoms with Gasteiger partial charge in [0.2, 0.25) is 0 Å². The largest absolute Gasteiger partial charge is 0.339 e. The Bertz CT molecular complexity index is 917. The molecular formula is C28H37N3O. The van der Waals surface area contributed by atoms with Crippen LogP contribution in [0.15, 0.2) is 60.7 Å². The van der Waals surface area contributed by atoms with Crippen LogP contribution in [0.1, 0.15) is 55.1 Å². The van der Waals surface area contributed by atoms with Crippen LogP contribution in [-0.2, 0) is 6.54 Å². The Morgan fingerprint density at radius 3 is 2.31 bits per heavy atom. The normalized spacial score (nSPS) is 21.3. The summed E-state index contributed by atoms with van der Waals surface area (Å²) in [6.07, 6.45) is 4.81. The first-order valence-electron chi connectivity index (χ1n) is 12.3. The molecule has 2 aromatic rings. The van der Waals surface area contributed by atoms with Gasteiger partial charge in [0.25, 0.3) is 5.91 Å². The molecule has 0 radical (unpaired) electrons. The minimum absolute atomic E-state index is 0.125. The van der Waals surface area contributed by atoms with E-state index in [1.54, 1.807) is 0 Å². The maximum absolute atomic E-state index is 12.7. The minimum atomic E-state index is 0.125. The average Bonchev–Trinajstić information content (AvgIpc) is 3.11. The Hall–Kier alpha value is -2.43. The third-order valence-corrected chi connectivity index (χ3v) is 7.03. The molecule has 2 aromatic carbocycles. The number of piperazine rings is 1. The zero-order valence-corrected chi connectivity index (χ0v) is 19.8. The Morgan fingerprint density at radius 2 is 1.66 bits per heavy atom. The van der Waals surface area contributed by atoms with Crippen LogP contribution in [0.3, 0.4) is 0 Å². The molecule has 3 heterocycles. The highest BCUT2D eigenvalue weighted by Crippen LogP contribution is 2.34. The molecule has 2 bridgehead atoms. The number of nitrogens with zero attached hydrogens (tertiary/aromatic N) is 3. The van der Waals surface area contributed by atoms with Crippen molar-refractivity contribution in [3.63, 3.8) is 0 Å². The molecule has 0 aromatic heterocycles. The van der Waals surface area contributed by atoms with Gasteiger partial charge in [-0.2, -0.15) is 0 Å². The molecule has 1 saturated heterocycles. The molecule has 3 aliphatic heterocycles. The second kappa shape index (κ2) is 10.5. The van der Waals surface area contributed by atoms with Gasteiger partial charge in [-0.3, -0.25) is 14.6 Å². The topological polar surface area (TPSA) is 26.8 Å². The van der Waals surface area contributed by atoms with E-state index >= 15 is 0 Å². The van der Waals surface area contributed by atoms with Gasteiger partial charge in [-0.25, -0.2) is 0 Å². The van der Waals surface area contributed by atoms with E-state index in [0.29, 0.717) is 12.1 Å². The van der Waals surface area contributed by atoms with Crippen LogP contribution in [0.25, 0.3) is 5.57 Å². The number of amides is 1. The molecule has 4 heteroatoms. The van der Waals surface area contributed by atoms with Crippen molar-refractivity contribution in [2.75, 3.05) is 32.7 Å². The molecule has 0 aliphatic carbocycles. The molecular weight excluding hydrogens is 394 g/mol. The highest BCUT2D eigenvalue weighted by Gasteiger charge is 2.37. The Kier molecular flexibility index (Phi) is 7.44. The van der Waals surface area contributed by atoms with Crippen molar-refractivity contribution < 1.29 is 4.79 Å². The molecule has 1 fully saturated rings. The summed E-state index contributed by atoms with van der Waals surface area (Å²) in [6.45, 7) is 12.1. The molecule has 0 unspecified atom stereocenters. The number of hydrogen-bond donors (Lipinski definition) is 0. The van der Waals surface area contributed by atoms with Crippen molar-refractivity contribution in [1.82, 2.24) is 14.7 Å². The first kappa shape index (κ1) is 22.8. The molecule has 0 spiro atoms. The summed E-state index contributed by atoms with van der Waals surface area (Å²) in [6, 6.07) is 20.2. The fraction of sp³-hybridized carbons (Fsp3) is 0.464. The van der Waals surface area contributed by atoms with Crippen LogP contribution in [-0.4, -0.2) is 65.4 Å². The van der Waals surface area contributed by atoms with Crippen LogP contribution < -0.4 is 0 Å². The molecule has 3 aliphatic rings. The Morgan fingerprint density at radius 1 is 0.938 bits per heavy atom. The van der Waals surface area contributed by atoms with Crippen LogP contribution in [0.4, 0.5) is 0 Å². The van der Waals surface area contributed by atoms with E-state index < -0.39 is 0 Å². The lowest BCUT2D eigenvalue weighted by Gasteiger charge is -2.45. The first-order valence-corrected chi connectivity index (χ1v) is 12.3. The smallest absolute Gasteiger partial charge is 0.253 e. The monoisotopic (exact) mass is 431 g/mol. The summed E-state index contributed by atoms with van der Waals surface area (Å²) in [5.41, 5.74) is 4.89. The Labute approximate surface area is 193 Å². The number of carbonyl (C=O) groups is 1. The predicted octanol–water partition coefficient (Wildman–Crippen LogP) is 4.92. The number of carbonyl (C=O) groups excluding carboxylic acids is 1. The van der Waals surface area contributed by atoms with Gasteiger partial charge in [0.15, 0.2) is 0 Å². The van der Waals surface area contributed by atoms with E-state index in [9.17, 15) is 4.79 Å². The van der Waals surface area contributed by atoms with Crippen LogP contribution in [0.5, 0.6) is 0 Å². The Balaban J connectivity index is 1.54. The van der Waals surface area contributed by atoms with Crippen molar-refractivity contribution in [2.45, 2.75) is 52.2 Å². The first-order chi connectivity index (χ1) is 15.6. The maximum atomic E-state index is 12.7. The van der Waals surface area contributed by atoms with E-state index in [2.05, 4.69) is 65.3 Å². The van der Waals surface area contributed by atoms with E-state index in [0.717, 1.165) is 44.7 Å². The highest BCUT2D eigenvalue weighted by molar-refractivity contribution is 5.94. The van der Waals surface area contributed by atoms with Gasteiger partial charge in [0.1, 0.15) is 0 Å². The van der Waals surface area contributed by atoms with E-state index in [4.69, 9.17) is 0 Å². The molecule has 5 rings (SSSR count). The summed E-state index contributed by atoms with van der Waals surface area (Å²) >= 11 is 0. The lowest BCUT2D eigenvalue weighted by atomic mass is 9.96. The lowest BCUT2D eigenvalue weighted by molar-refractivity contribution is 0.0518. The summed E-state index contributed by atoms with van der Waals surface area (Å²) in [5, 5.41) is 0. The van der Waals surface area contributed by atoms with Gasteiger partial charge in [0.05, 0.1) is 0 Å². The molecule has 4 nitrogen and oxygen atoms in total. The zero-order valence-electron chi connectivity index (χ0n) is 19.8. The molecule has 0 saturated carbocycles. The number of benzene rings is 2. The summed E-state index contributed by atoms with van der Waals surface area (Å²) in [5.74, 6) is 0.125. The molecule has 1 amide bonds. The van der Waals surface area contributed by atoms with Gasteiger partial charge < -0.3 is 4.90 Å². The number of fused-ring (bicyclic) bond motifs is 3. The number of rotatable bonds is 8. The van der Waals surface area contributed by atoms with Gasteiger partial charge in [-0.15, -0.1) is 0 Å². The molecule has 0 N–H and O–H groups in total. The van der Waals surface area contributed by atoms with Crippen molar-refractivity contribution in [1.29, 1.82) is 0 Å². The minimum Gasteiger partial charge on any atom is -0.339 e. The lowest BCUT2D eigenvalue weighted by Crippen LogP contribution is -2.56. The van der Waals surface area contributed by atoms with Crippen LogP contribution in [0.2, 0.25) is 0 Å². The fourth-order valence-electron chi connectivity index (χ4n) is 5.28. The SMILES string of the molecule is CCCN1C[C@@H]2C(c3ccccc3)=CC[C@H]1CN2Cc1ccc(C(=O)N(CC)CC)cc1. The van der Waals surface area contributed by atoms with Crippen LogP contribution >= 0.6 is 0 Å². The summed E-state index contributed by atoms with van der Waals surface area (Å²) in [4.78, 5) is 19.9. The van der Waals surface area contributed by atoms with Gasteiger partial charge in [0, 0.05) is 50.4 Å². The van der Waals surface area contributed by atoms with Crippen LogP contribution in [0, 0.1) is 0 Å². The third kappa shape index (κ3) is 4.82. The van der Waals surface area contributed by atoms with Gasteiger partial charge in [-0.1, -0.05) is 55.5 Å². The fourth-order valence-corrected chi connectivity index (χ4v) is 5.28. The maximum Gasteiger partial charge on any atom is 0.253 e. The summed E-state index contributed by atoms with van der Waals surface area (Å²) in [7, 11) is 0.